The average Bonchev–Trinajstić information content (AvgIpc) is 3.24. The molecule has 1 saturated heterocycles. The molecule has 0 bridgehead atoms. The van der Waals surface area contributed by atoms with Gasteiger partial charge in [0, 0.05) is 5.69 Å². The zero-order valence-electron chi connectivity index (χ0n) is 22.9. The lowest BCUT2D eigenvalue weighted by molar-refractivity contribution is -0.127. The topological polar surface area (TPSA) is 94.2 Å². The summed E-state index contributed by atoms with van der Waals surface area (Å²) in [6, 6.07) is 24.2. The van der Waals surface area contributed by atoms with Crippen molar-refractivity contribution in [1.82, 2.24) is 4.90 Å². The van der Waals surface area contributed by atoms with Gasteiger partial charge in [0.15, 0.2) is 11.5 Å². The van der Waals surface area contributed by atoms with Crippen molar-refractivity contribution in [2.24, 2.45) is 0 Å². The second kappa shape index (κ2) is 13.0. The zero-order valence-corrected chi connectivity index (χ0v) is 24.5. The third-order valence-corrected chi connectivity index (χ3v) is 7.56. The number of imide groups is 1. The Hall–Kier alpha value is -4.47. The van der Waals surface area contributed by atoms with Crippen LogP contribution < -0.4 is 19.5 Å². The number of anilines is 1. The van der Waals surface area contributed by atoms with Crippen LogP contribution in [0.25, 0.3) is 16.8 Å². The van der Waals surface area contributed by atoms with E-state index in [0.717, 1.165) is 33.0 Å². The van der Waals surface area contributed by atoms with E-state index in [1.165, 1.54) is 0 Å². The molecule has 1 aliphatic heterocycles. The first kappa shape index (κ1) is 29.0. The number of nitrogens with zero attached hydrogens (tertiary/aromatic N) is 1. The predicted molar refractivity (Wildman–Crippen MR) is 165 cm³/mol. The van der Waals surface area contributed by atoms with Gasteiger partial charge in [-0.05, 0) is 89.1 Å². The molecule has 4 aromatic rings. The van der Waals surface area contributed by atoms with Crippen LogP contribution in [-0.4, -0.2) is 42.2 Å². The Labute approximate surface area is 252 Å². The minimum Gasteiger partial charge on any atom is -0.497 e. The molecule has 10 heteroatoms. The van der Waals surface area contributed by atoms with Gasteiger partial charge in [-0.1, -0.05) is 48.0 Å². The molecule has 0 radical (unpaired) electrons. The summed E-state index contributed by atoms with van der Waals surface area (Å²) in [7, 11) is 1.54. The fourth-order valence-corrected chi connectivity index (χ4v) is 5.48. The van der Waals surface area contributed by atoms with E-state index in [2.05, 4.69) is 17.4 Å². The quantitative estimate of drug-likeness (QED) is 0.193. The maximum atomic E-state index is 13.0. The van der Waals surface area contributed by atoms with Crippen molar-refractivity contribution in [3.63, 3.8) is 0 Å². The van der Waals surface area contributed by atoms with E-state index in [4.69, 9.17) is 25.8 Å². The molecule has 0 aliphatic carbocycles. The smallest absolute Gasteiger partial charge is 0.294 e. The minimum atomic E-state index is -0.569. The summed E-state index contributed by atoms with van der Waals surface area (Å²) < 4.78 is 17.0. The molecule has 8 nitrogen and oxygen atoms in total. The molecule has 5 rings (SSSR count). The normalized spacial score (nSPS) is 14.0. The van der Waals surface area contributed by atoms with Crippen LogP contribution in [0.1, 0.15) is 18.1 Å². The average molecular weight is 603 g/mol. The van der Waals surface area contributed by atoms with Crippen molar-refractivity contribution in [2.45, 2.75) is 13.5 Å². The maximum Gasteiger partial charge on any atom is 0.294 e. The number of thioether (sulfide) groups is 1. The summed E-state index contributed by atoms with van der Waals surface area (Å²) >= 11 is 7.37. The highest BCUT2D eigenvalue weighted by Crippen LogP contribution is 2.39. The lowest BCUT2D eigenvalue weighted by Crippen LogP contribution is -2.36. The van der Waals surface area contributed by atoms with Gasteiger partial charge in [-0.2, -0.15) is 0 Å². The number of amides is 3. The molecule has 1 heterocycles. The van der Waals surface area contributed by atoms with Crippen LogP contribution in [0.2, 0.25) is 5.02 Å². The molecule has 0 saturated carbocycles. The van der Waals surface area contributed by atoms with Gasteiger partial charge >= 0.3 is 0 Å². The lowest BCUT2D eigenvalue weighted by atomic mass is 10.1. The molecule has 4 aromatic carbocycles. The molecule has 1 fully saturated rings. The number of rotatable bonds is 10. The van der Waals surface area contributed by atoms with Crippen LogP contribution in [-0.2, 0) is 16.2 Å². The van der Waals surface area contributed by atoms with Crippen LogP contribution in [0.15, 0.2) is 83.8 Å². The predicted octanol–water partition coefficient (Wildman–Crippen LogP) is 7.15. The third-order valence-electron chi connectivity index (χ3n) is 6.38. The molecular formula is C32H27ClN2O6S. The number of benzene rings is 4. The highest BCUT2D eigenvalue weighted by atomic mass is 35.5. The van der Waals surface area contributed by atoms with Crippen LogP contribution >= 0.6 is 23.4 Å². The number of hydrogen-bond acceptors (Lipinski definition) is 7. The molecule has 0 atom stereocenters. The molecule has 214 valence electrons. The zero-order chi connectivity index (χ0) is 29.6. The molecular weight excluding hydrogens is 576 g/mol. The number of nitrogens with one attached hydrogen (secondary N) is 1. The molecule has 1 N–H and O–H groups in total. The molecule has 3 amide bonds. The number of halogens is 1. The summed E-state index contributed by atoms with van der Waals surface area (Å²) in [6.45, 7) is 2.07. The second-order valence-corrected chi connectivity index (χ2v) is 10.7. The SMILES string of the molecule is CCOc1cc(/C=C2/SC(=O)N(CC(=O)Nc3ccc(OC)cc3)C2=O)cc(Cl)c1OCc1ccc2ccccc2c1. The summed E-state index contributed by atoms with van der Waals surface area (Å²) in [4.78, 5) is 39.3. The van der Waals surface area contributed by atoms with Crippen LogP contribution in [0.4, 0.5) is 10.5 Å². The number of methoxy groups -OCH3 is 1. The van der Waals surface area contributed by atoms with Crippen molar-refractivity contribution in [2.75, 3.05) is 25.6 Å². The van der Waals surface area contributed by atoms with E-state index in [1.807, 2.05) is 37.3 Å². The number of carbonyl (C=O) groups is 3. The fraction of sp³-hybridized carbons (Fsp3) is 0.156. The van der Waals surface area contributed by atoms with Crippen molar-refractivity contribution in [3.05, 3.63) is 99.9 Å². The number of fused-ring (bicyclic) bond motifs is 1. The maximum absolute atomic E-state index is 13.0. The lowest BCUT2D eigenvalue weighted by Gasteiger charge is -2.15. The first-order valence-electron chi connectivity index (χ1n) is 13.1. The fourth-order valence-electron chi connectivity index (χ4n) is 4.36. The van der Waals surface area contributed by atoms with Crippen molar-refractivity contribution in [3.8, 4) is 17.2 Å². The van der Waals surface area contributed by atoms with Crippen molar-refractivity contribution < 1.29 is 28.6 Å². The van der Waals surface area contributed by atoms with Crippen LogP contribution in [0, 0.1) is 0 Å². The van der Waals surface area contributed by atoms with E-state index in [9.17, 15) is 14.4 Å². The van der Waals surface area contributed by atoms with Gasteiger partial charge < -0.3 is 19.5 Å². The number of carbonyl (C=O) groups excluding carboxylic acids is 3. The third kappa shape index (κ3) is 6.70. The van der Waals surface area contributed by atoms with E-state index in [0.29, 0.717) is 40.1 Å². The summed E-state index contributed by atoms with van der Waals surface area (Å²) in [5, 5.41) is 4.68. The molecule has 0 unspecified atom stereocenters. The Balaban J connectivity index is 1.29. The largest absolute Gasteiger partial charge is 0.497 e. The van der Waals surface area contributed by atoms with Crippen LogP contribution in [0.5, 0.6) is 17.2 Å². The Morgan fingerprint density at radius 1 is 0.976 bits per heavy atom. The Morgan fingerprint density at radius 3 is 2.48 bits per heavy atom. The molecule has 0 aromatic heterocycles. The monoisotopic (exact) mass is 602 g/mol. The van der Waals surface area contributed by atoms with E-state index >= 15 is 0 Å². The van der Waals surface area contributed by atoms with Crippen molar-refractivity contribution in [1.29, 1.82) is 0 Å². The Kier molecular flexibility index (Phi) is 9.00. The van der Waals surface area contributed by atoms with Gasteiger partial charge in [0.05, 0.1) is 23.6 Å². The summed E-state index contributed by atoms with van der Waals surface area (Å²) in [6.07, 6.45) is 1.55. The molecule has 0 spiro atoms. The Morgan fingerprint density at radius 2 is 1.74 bits per heavy atom. The highest BCUT2D eigenvalue weighted by Gasteiger charge is 2.36. The van der Waals surface area contributed by atoms with Gasteiger partial charge in [-0.15, -0.1) is 0 Å². The van der Waals surface area contributed by atoms with Gasteiger partial charge in [-0.3, -0.25) is 19.3 Å². The van der Waals surface area contributed by atoms with Gasteiger partial charge in [0.25, 0.3) is 11.1 Å². The second-order valence-electron chi connectivity index (χ2n) is 9.28. The Bertz CT molecular complexity index is 1690. The number of hydrogen-bond donors (Lipinski definition) is 1. The molecule has 1 aliphatic rings. The highest BCUT2D eigenvalue weighted by molar-refractivity contribution is 8.18. The summed E-state index contributed by atoms with van der Waals surface area (Å²) in [5.41, 5.74) is 2.04. The first-order chi connectivity index (χ1) is 20.3. The molecule has 42 heavy (non-hydrogen) atoms. The van der Waals surface area contributed by atoms with E-state index in [1.54, 1.807) is 49.6 Å². The standard InChI is InChI=1S/C32H27ClN2O6S/c1-3-40-27-16-21(15-26(33)30(27)41-19-20-8-9-22-6-4-5-7-23(22)14-20)17-28-31(37)35(32(38)42-28)18-29(36)34-24-10-12-25(39-2)13-11-24/h4-17H,3,18-19H2,1-2H3,(H,34,36)/b28-17+. The van der Waals surface area contributed by atoms with Gasteiger partial charge in [0.1, 0.15) is 18.9 Å². The minimum absolute atomic E-state index is 0.167. The van der Waals surface area contributed by atoms with E-state index < -0.39 is 23.6 Å². The summed E-state index contributed by atoms with van der Waals surface area (Å²) in [5.74, 6) is 0.363. The number of ether oxygens (including phenoxy) is 3. The van der Waals surface area contributed by atoms with Crippen molar-refractivity contribution >= 4 is 63.0 Å². The van der Waals surface area contributed by atoms with Crippen LogP contribution in [0.3, 0.4) is 0 Å². The van der Waals surface area contributed by atoms with Gasteiger partial charge in [-0.25, -0.2) is 0 Å². The van der Waals surface area contributed by atoms with Gasteiger partial charge in [0.2, 0.25) is 5.91 Å². The first-order valence-corrected chi connectivity index (χ1v) is 14.3. The van der Waals surface area contributed by atoms with E-state index in [-0.39, 0.29) is 11.5 Å².